The Labute approximate surface area is 109 Å². The topological polar surface area (TPSA) is 61.4 Å². The summed E-state index contributed by atoms with van der Waals surface area (Å²) in [7, 11) is 0. The molecule has 0 aromatic rings. The van der Waals surface area contributed by atoms with Crippen LogP contribution in [-0.2, 0) is 4.79 Å². The Morgan fingerprint density at radius 1 is 1.29 bits per heavy atom. The van der Waals surface area contributed by atoms with Crippen LogP contribution in [0, 0.1) is 5.92 Å². The minimum Gasteiger partial charge on any atom is -0.393 e. The summed E-state index contributed by atoms with van der Waals surface area (Å²) >= 11 is 0. The average Bonchev–Trinajstić information content (AvgIpc) is 2.87. The zero-order chi connectivity index (χ0) is 11.4. The number of carbonyl (C=O) groups is 1. The lowest BCUT2D eigenvalue weighted by atomic mass is 10.1. The number of hydrogen-bond acceptors (Lipinski definition) is 3. The van der Waals surface area contributed by atoms with Crippen molar-refractivity contribution < 1.29 is 9.90 Å². The Kier molecular flexibility index (Phi) is 6.23. The molecule has 2 aliphatic rings. The molecular formula is C12H23ClN2O2. The van der Waals surface area contributed by atoms with Gasteiger partial charge in [0.05, 0.1) is 6.10 Å². The van der Waals surface area contributed by atoms with Gasteiger partial charge in [0.2, 0.25) is 5.91 Å². The van der Waals surface area contributed by atoms with Gasteiger partial charge in [0.15, 0.2) is 0 Å². The molecule has 4 nitrogen and oxygen atoms in total. The van der Waals surface area contributed by atoms with Gasteiger partial charge in [-0.05, 0) is 32.2 Å². The zero-order valence-corrected chi connectivity index (χ0v) is 11.0. The molecule has 1 saturated carbocycles. The molecule has 2 fully saturated rings. The van der Waals surface area contributed by atoms with Crippen LogP contribution in [0.2, 0.25) is 0 Å². The molecule has 100 valence electrons. The smallest absolute Gasteiger partial charge is 0.221 e. The van der Waals surface area contributed by atoms with E-state index in [-0.39, 0.29) is 30.3 Å². The first kappa shape index (κ1) is 14.7. The third-order valence-electron chi connectivity index (χ3n) is 3.77. The molecule has 1 aliphatic heterocycles. The fourth-order valence-electron chi connectivity index (χ4n) is 2.73. The van der Waals surface area contributed by atoms with E-state index in [1.165, 1.54) is 6.42 Å². The van der Waals surface area contributed by atoms with Crippen LogP contribution in [0.5, 0.6) is 0 Å². The van der Waals surface area contributed by atoms with Crippen molar-refractivity contribution >= 4 is 18.3 Å². The standard InChI is InChI=1S/C12H22N2O2.ClH/c15-11-5-1-3-9(11)8-14-12(16)7-10-4-2-6-13-10;/h9-11,13,15H,1-8H2,(H,14,16);1H. The average molecular weight is 263 g/mol. The van der Waals surface area contributed by atoms with E-state index >= 15 is 0 Å². The lowest BCUT2D eigenvalue weighted by molar-refractivity contribution is -0.121. The first-order valence-electron chi connectivity index (χ1n) is 6.44. The fourth-order valence-corrected chi connectivity index (χ4v) is 2.73. The minimum absolute atomic E-state index is 0. The maximum atomic E-state index is 11.6. The molecule has 3 N–H and O–H groups in total. The first-order valence-corrected chi connectivity index (χ1v) is 6.44. The summed E-state index contributed by atoms with van der Waals surface area (Å²) in [5.41, 5.74) is 0. The molecule has 1 amide bonds. The van der Waals surface area contributed by atoms with Gasteiger partial charge in [-0.25, -0.2) is 0 Å². The molecule has 1 aliphatic carbocycles. The number of aliphatic hydroxyl groups excluding tert-OH is 1. The highest BCUT2D eigenvalue weighted by molar-refractivity contribution is 5.85. The maximum absolute atomic E-state index is 11.6. The lowest BCUT2D eigenvalue weighted by Gasteiger charge is -2.16. The van der Waals surface area contributed by atoms with Crippen LogP contribution < -0.4 is 10.6 Å². The molecule has 0 bridgehead atoms. The van der Waals surface area contributed by atoms with Crippen LogP contribution in [0.15, 0.2) is 0 Å². The quantitative estimate of drug-likeness (QED) is 0.703. The van der Waals surface area contributed by atoms with Gasteiger partial charge in [-0.1, -0.05) is 6.42 Å². The molecule has 0 spiro atoms. The van der Waals surface area contributed by atoms with E-state index in [2.05, 4.69) is 10.6 Å². The third kappa shape index (κ3) is 4.45. The monoisotopic (exact) mass is 262 g/mol. The summed E-state index contributed by atoms with van der Waals surface area (Å²) in [6.45, 7) is 1.69. The number of halogens is 1. The van der Waals surface area contributed by atoms with Crippen LogP contribution in [0.25, 0.3) is 0 Å². The highest BCUT2D eigenvalue weighted by atomic mass is 35.5. The van der Waals surface area contributed by atoms with Crippen molar-refractivity contribution in [3.63, 3.8) is 0 Å². The van der Waals surface area contributed by atoms with Crippen molar-refractivity contribution in [2.45, 2.75) is 50.7 Å². The molecular weight excluding hydrogens is 240 g/mol. The molecule has 0 aromatic heterocycles. The van der Waals surface area contributed by atoms with Gasteiger partial charge in [0.25, 0.3) is 0 Å². The van der Waals surface area contributed by atoms with Gasteiger partial charge in [-0.2, -0.15) is 0 Å². The molecule has 17 heavy (non-hydrogen) atoms. The Balaban J connectivity index is 0.00000144. The zero-order valence-electron chi connectivity index (χ0n) is 10.2. The van der Waals surface area contributed by atoms with Gasteiger partial charge in [0.1, 0.15) is 0 Å². The van der Waals surface area contributed by atoms with Crippen LogP contribution in [0.4, 0.5) is 0 Å². The van der Waals surface area contributed by atoms with E-state index in [1.54, 1.807) is 0 Å². The van der Waals surface area contributed by atoms with Crippen molar-refractivity contribution in [1.29, 1.82) is 0 Å². The number of carbonyl (C=O) groups excluding carboxylic acids is 1. The Morgan fingerprint density at radius 2 is 2.12 bits per heavy atom. The van der Waals surface area contributed by atoms with Crippen molar-refractivity contribution in [2.75, 3.05) is 13.1 Å². The van der Waals surface area contributed by atoms with E-state index in [1.807, 2.05) is 0 Å². The number of hydrogen-bond donors (Lipinski definition) is 3. The summed E-state index contributed by atoms with van der Waals surface area (Å²) in [6.07, 6.45) is 5.70. The van der Waals surface area contributed by atoms with E-state index in [4.69, 9.17) is 0 Å². The molecule has 1 saturated heterocycles. The number of nitrogens with one attached hydrogen (secondary N) is 2. The highest BCUT2D eigenvalue weighted by Crippen LogP contribution is 2.24. The van der Waals surface area contributed by atoms with Gasteiger partial charge < -0.3 is 15.7 Å². The molecule has 0 radical (unpaired) electrons. The Hall–Kier alpha value is -0.320. The fraction of sp³-hybridized carbons (Fsp3) is 0.917. The predicted octanol–water partition coefficient (Wildman–Crippen LogP) is 0.828. The van der Waals surface area contributed by atoms with E-state index in [0.717, 1.165) is 32.2 Å². The third-order valence-corrected chi connectivity index (χ3v) is 3.77. The molecule has 3 unspecified atom stereocenters. The Morgan fingerprint density at radius 3 is 2.71 bits per heavy atom. The summed E-state index contributed by atoms with van der Waals surface area (Å²) < 4.78 is 0. The molecule has 0 aromatic carbocycles. The van der Waals surface area contributed by atoms with Crippen LogP contribution >= 0.6 is 12.4 Å². The second-order valence-electron chi connectivity index (χ2n) is 5.06. The number of rotatable bonds is 4. The summed E-state index contributed by atoms with van der Waals surface area (Å²) in [6, 6.07) is 0.369. The van der Waals surface area contributed by atoms with Crippen molar-refractivity contribution in [2.24, 2.45) is 5.92 Å². The highest BCUT2D eigenvalue weighted by Gasteiger charge is 2.25. The van der Waals surface area contributed by atoms with E-state index in [0.29, 0.717) is 19.0 Å². The SMILES string of the molecule is Cl.O=C(CC1CCCN1)NCC1CCCC1O. The van der Waals surface area contributed by atoms with Gasteiger partial charge in [0, 0.05) is 24.9 Å². The van der Waals surface area contributed by atoms with Gasteiger partial charge >= 0.3 is 0 Å². The largest absolute Gasteiger partial charge is 0.393 e. The molecule has 3 atom stereocenters. The van der Waals surface area contributed by atoms with Crippen LogP contribution in [-0.4, -0.2) is 36.2 Å². The first-order chi connectivity index (χ1) is 7.75. The van der Waals surface area contributed by atoms with Gasteiger partial charge in [-0.3, -0.25) is 4.79 Å². The van der Waals surface area contributed by atoms with Crippen molar-refractivity contribution in [3.05, 3.63) is 0 Å². The van der Waals surface area contributed by atoms with Crippen molar-refractivity contribution in [3.8, 4) is 0 Å². The predicted molar refractivity (Wildman–Crippen MR) is 69.2 cm³/mol. The number of aliphatic hydroxyl groups is 1. The van der Waals surface area contributed by atoms with Crippen LogP contribution in [0.3, 0.4) is 0 Å². The van der Waals surface area contributed by atoms with Crippen molar-refractivity contribution in [1.82, 2.24) is 10.6 Å². The molecule has 1 heterocycles. The van der Waals surface area contributed by atoms with E-state index in [9.17, 15) is 9.90 Å². The number of amides is 1. The lowest BCUT2D eigenvalue weighted by Crippen LogP contribution is -2.36. The minimum atomic E-state index is -0.204. The maximum Gasteiger partial charge on any atom is 0.221 e. The second-order valence-corrected chi connectivity index (χ2v) is 5.06. The summed E-state index contributed by atoms with van der Waals surface area (Å²) in [4.78, 5) is 11.6. The summed E-state index contributed by atoms with van der Waals surface area (Å²) in [5.74, 6) is 0.402. The normalized spacial score (nSPS) is 32.2. The Bertz CT molecular complexity index is 245. The summed E-state index contributed by atoms with van der Waals surface area (Å²) in [5, 5.41) is 15.9. The molecule has 2 rings (SSSR count). The van der Waals surface area contributed by atoms with Crippen LogP contribution in [0.1, 0.15) is 38.5 Å². The van der Waals surface area contributed by atoms with Gasteiger partial charge in [-0.15, -0.1) is 12.4 Å². The molecule has 5 heteroatoms. The van der Waals surface area contributed by atoms with E-state index < -0.39 is 0 Å². The second kappa shape index (κ2) is 7.19.